The molecule has 0 fully saturated rings. The van der Waals surface area contributed by atoms with E-state index in [9.17, 15) is 13.2 Å². The smallest absolute Gasteiger partial charge is 0.406 e. The van der Waals surface area contributed by atoms with Gasteiger partial charge >= 0.3 is 6.18 Å². The van der Waals surface area contributed by atoms with Crippen molar-refractivity contribution >= 4 is 17.5 Å². The molecule has 0 saturated heterocycles. The van der Waals surface area contributed by atoms with E-state index in [0.29, 0.717) is 18.1 Å². The van der Waals surface area contributed by atoms with Crippen LogP contribution in [0.1, 0.15) is 32.2 Å². The molecule has 0 unspecified atom stereocenters. The Morgan fingerprint density at radius 1 is 1.08 bits per heavy atom. The van der Waals surface area contributed by atoms with Crippen molar-refractivity contribution in [3.8, 4) is 11.5 Å². The molecule has 1 N–H and O–H groups in total. The number of benzene rings is 2. The van der Waals surface area contributed by atoms with E-state index in [1.54, 1.807) is 6.20 Å². The van der Waals surface area contributed by atoms with Gasteiger partial charge in [-0.05, 0) is 43.3 Å². The molecule has 3 aromatic rings. The molecule has 4 rings (SSSR count). The summed E-state index contributed by atoms with van der Waals surface area (Å²) in [5, 5.41) is 7.89. The standard InChI is InChI=1S/C26H28F3N5O2/c1-4-33(17-26(27,28)29)24(30)35-15-22-31-14-21-23(32-22)34(16-25(21,2)3)18-10-12-20(13-11-18)36-19-8-6-5-7-9-19/h5-14,30H,4,15-17H2,1-3H3. The van der Waals surface area contributed by atoms with Gasteiger partial charge in [0.05, 0.1) is 0 Å². The lowest BCUT2D eigenvalue weighted by Crippen LogP contribution is -2.39. The number of anilines is 2. The molecule has 2 aromatic carbocycles. The topological polar surface area (TPSA) is 74.6 Å². The molecule has 7 nitrogen and oxygen atoms in total. The van der Waals surface area contributed by atoms with Gasteiger partial charge in [-0.1, -0.05) is 32.0 Å². The summed E-state index contributed by atoms with van der Waals surface area (Å²) in [5.41, 5.74) is 1.66. The van der Waals surface area contributed by atoms with Crippen molar-refractivity contribution in [1.82, 2.24) is 14.9 Å². The number of ether oxygens (including phenoxy) is 2. The summed E-state index contributed by atoms with van der Waals surface area (Å²) in [6.45, 7) is 4.94. The highest BCUT2D eigenvalue weighted by Crippen LogP contribution is 2.43. The van der Waals surface area contributed by atoms with Crippen molar-refractivity contribution in [2.24, 2.45) is 0 Å². The van der Waals surface area contributed by atoms with Gasteiger partial charge in [0.2, 0.25) is 0 Å². The molecule has 10 heteroatoms. The third-order valence-corrected chi connectivity index (χ3v) is 5.86. The summed E-state index contributed by atoms with van der Waals surface area (Å²) in [6.07, 6.45) is -2.70. The number of para-hydroxylation sites is 1. The van der Waals surface area contributed by atoms with Crippen LogP contribution in [0.4, 0.5) is 24.7 Å². The zero-order chi connectivity index (χ0) is 25.9. The lowest BCUT2D eigenvalue weighted by molar-refractivity contribution is -0.139. The van der Waals surface area contributed by atoms with Crippen molar-refractivity contribution < 1.29 is 22.6 Å². The van der Waals surface area contributed by atoms with Gasteiger partial charge in [0.1, 0.15) is 23.9 Å². The van der Waals surface area contributed by atoms with E-state index in [1.807, 2.05) is 54.6 Å². The molecule has 0 aliphatic carbocycles. The van der Waals surface area contributed by atoms with Crippen LogP contribution in [0.3, 0.4) is 0 Å². The highest BCUT2D eigenvalue weighted by molar-refractivity contribution is 5.71. The van der Waals surface area contributed by atoms with Crippen molar-refractivity contribution in [3.63, 3.8) is 0 Å². The van der Waals surface area contributed by atoms with Gasteiger partial charge in [-0.25, -0.2) is 9.97 Å². The Bertz CT molecular complexity index is 1200. The van der Waals surface area contributed by atoms with Crippen LogP contribution in [0, 0.1) is 5.41 Å². The molecule has 1 aliphatic heterocycles. The van der Waals surface area contributed by atoms with Crippen LogP contribution in [-0.4, -0.2) is 46.7 Å². The highest BCUT2D eigenvalue weighted by atomic mass is 19.4. The van der Waals surface area contributed by atoms with Crippen LogP contribution in [0.2, 0.25) is 0 Å². The number of nitrogens with one attached hydrogen (secondary N) is 1. The van der Waals surface area contributed by atoms with E-state index in [4.69, 9.17) is 14.9 Å². The third-order valence-electron chi connectivity index (χ3n) is 5.86. The minimum Gasteiger partial charge on any atom is -0.457 e. The summed E-state index contributed by atoms with van der Waals surface area (Å²) in [6, 6.07) is 16.6. The van der Waals surface area contributed by atoms with Crippen LogP contribution in [-0.2, 0) is 16.8 Å². The van der Waals surface area contributed by atoms with Crippen LogP contribution in [0.5, 0.6) is 11.5 Å². The van der Waals surface area contributed by atoms with E-state index in [1.165, 1.54) is 6.92 Å². The number of hydrogen-bond donors (Lipinski definition) is 1. The molecular weight excluding hydrogens is 471 g/mol. The fraction of sp³-hybridized carbons (Fsp3) is 0.346. The Balaban J connectivity index is 1.49. The Hall–Kier alpha value is -3.82. The van der Waals surface area contributed by atoms with Crippen LogP contribution < -0.4 is 9.64 Å². The van der Waals surface area contributed by atoms with Gasteiger partial charge in [0.15, 0.2) is 12.4 Å². The SMILES string of the molecule is CCN(CC(F)(F)F)C(=N)OCc1ncc2c(n1)N(c1ccc(Oc3ccccc3)cc1)CC2(C)C. The average Bonchev–Trinajstić information content (AvgIpc) is 3.11. The maximum absolute atomic E-state index is 12.7. The molecule has 0 radical (unpaired) electrons. The first-order chi connectivity index (χ1) is 17.1. The zero-order valence-electron chi connectivity index (χ0n) is 20.3. The maximum Gasteiger partial charge on any atom is 0.406 e. The Morgan fingerprint density at radius 3 is 2.39 bits per heavy atom. The molecule has 1 aromatic heterocycles. The van der Waals surface area contributed by atoms with E-state index in [2.05, 4.69) is 28.7 Å². The lowest BCUT2D eigenvalue weighted by Gasteiger charge is -2.24. The summed E-state index contributed by atoms with van der Waals surface area (Å²) in [5.74, 6) is 2.45. The molecule has 0 amide bonds. The number of rotatable bonds is 7. The second kappa shape index (κ2) is 10.0. The summed E-state index contributed by atoms with van der Waals surface area (Å²) in [7, 11) is 0. The third kappa shape index (κ3) is 5.87. The summed E-state index contributed by atoms with van der Waals surface area (Å²) < 4.78 is 49.4. The first-order valence-corrected chi connectivity index (χ1v) is 11.6. The number of amidine groups is 1. The van der Waals surface area contributed by atoms with Crippen LogP contribution in [0.15, 0.2) is 60.8 Å². The number of nitrogens with zero attached hydrogens (tertiary/aromatic N) is 4. The van der Waals surface area contributed by atoms with E-state index < -0.39 is 18.7 Å². The Morgan fingerprint density at radius 2 is 1.75 bits per heavy atom. The largest absolute Gasteiger partial charge is 0.457 e. The molecule has 0 saturated carbocycles. The van der Waals surface area contributed by atoms with E-state index in [0.717, 1.165) is 21.9 Å². The van der Waals surface area contributed by atoms with Crippen molar-refractivity contribution in [2.75, 3.05) is 24.5 Å². The zero-order valence-corrected chi connectivity index (χ0v) is 20.3. The second-order valence-corrected chi connectivity index (χ2v) is 9.13. The molecule has 0 bridgehead atoms. The molecule has 2 heterocycles. The number of halogens is 3. The predicted molar refractivity (Wildman–Crippen MR) is 131 cm³/mol. The molecule has 0 atom stereocenters. The Kier molecular flexibility index (Phi) is 7.05. The number of aromatic nitrogens is 2. The van der Waals surface area contributed by atoms with Crippen LogP contribution >= 0.6 is 0 Å². The molecule has 1 aliphatic rings. The molecular formula is C26H28F3N5O2. The van der Waals surface area contributed by atoms with Gasteiger partial charge < -0.3 is 19.3 Å². The first kappa shape index (κ1) is 25.3. The predicted octanol–water partition coefficient (Wildman–Crippen LogP) is 6.03. The van der Waals surface area contributed by atoms with Crippen molar-refractivity contribution in [1.29, 1.82) is 5.41 Å². The summed E-state index contributed by atoms with van der Waals surface area (Å²) >= 11 is 0. The van der Waals surface area contributed by atoms with E-state index in [-0.39, 0.29) is 24.4 Å². The van der Waals surface area contributed by atoms with Gasteiger partial charge in [-0.3, -0.25) is 5.41 Å². The van der Waals surface area contributed by atoms with Gasteiger partial charge in [0.25, 0.3) is 6.02 Å². The number of fused-ring (bicyclic) bond motifs is 1. The second-order valence-electron chi connectivity index (χ2n) is 9.13. The molecule has 0 spiro atoms. The van der Waals surface area contributed by atoms with E-state index >= 15 is 0 Å². The minimum atomic E-state index is -4.43. The monoisotopic (exact) mass is 499 g/mol. The number of alkyl halides is 3. The Labute approximate surface area is 208 Å². The lowest BCUT2D eigenvalue weighted by atomic mass is 9.89. The van der Waals surface area contributed by atoms with Gasteiger partial charge in [-0.2, -0.15) is 13.2 Å². The minimum absolute atomic E-state index is 0.00463. The molecule has 36 heavy (non-hydrogen) atoms. The average molecular weight is 500 g/mol. The maximum atomic E-state index is 12.7. The van der Waals surface area contributed by atoms with Crippen molar-refractivity contribution in [3.05, 3.63) is 72.2 Å². The quantitative estimate of drug-likeness (QED) is 0.316. The van der Waals surface area contributed by atoms with Crippen LogP contribution in [0.25, 0.3) is 0 Å². The van der Waals surface area contributed by atoms with Gasteiger partial charge in [0, 0.05) is 36.0 Å². The fourth-order valence-corrected chi connectivity index (χ4v) is 4.02. The number of hydrogen-bond acceptors (Lipinski definition) is 6. The fourth-order valence-electron chi connectivity index (χ4n) is 4.02. The first-order valence-electron chi connectivity index (χ1n) is 11.6. The highest BCUT2D eigenvalue weighted by Gasteiger charge is 2.38. The molecule has 190 valence electrons. The normalized spacial score (nSPS) is 14.3. The van der Waals surface area contributed by atoms with Crippen molar-refractivity contribution in [2.45, 2.75) is 39.0 Å². The summed E-state index contributed by atoms with van der Waals surface area (Å²) in [4.78, 5) is 11.9. The van der Waals surface area contributed by atoms with Gasteiger partial charge in [-0.15, -0.1) is 0 Å².